The number of hydrogen-bond donors (Lipinski definition) is 2. The van der Waals surface area contributed by atoms with E-state index in [1.807, 2.05) is 13.8 Å². The number of nitrogens with zero attached hydrogens (tertiary/aromatic N) is 3. The first-order valence-corrected chi connectivity index (χ1v) is 5.98. The molecule has 0 aliphatic carbocycles. The summed E-state index contributed by atoms with van der Waals surface area (Å²) in [5, 5.41) is 13.8. The number of nitrogens with one attached hydrogen (secondary N) is 2. The molecule has 100 valence electrons. The number of hydrogen-bond acceptors (Lipinski definition) is 5. The van der Waals surface area contributed by atoms with Gasteiger partial charge in [0.15, 0.2) is 5.69 Å². The standard InChI is InChI=1S/C11H19N5O2/c1-11(2,18-3)7-13-10(17)9-6-16(15-14-9)8-4-12-5-8/h6,8,12H,4-5,7H2,1-3H3,(H,13,17). The van der Waals surface area contributed by atoms with Crippen LogP contribution in [0, 0.1) is 0 Å². The molecule has 1 aliphatic rings. The molecule has 1 aromatic rings. The van der Waals surface area contributed by atoms with Gasteiger partial charge in [-0.05, 0) is 13.8 Å². The Bertz CT molecular complexity index is 425. The number of methoxy groups -OCH3 is 1. The third-order valence-corrected chi connectivity index (χ3v) is 3.10. The summed E-state index contributed by atoms with van der Waals surface area (Å²) in [6, 6.07) is 0.314. The normalized spacial score (nSPS) is 16.4. The van der Waals surface area contributed by atoms with Crippen LogP contribution in [0.15, 0.2) is 6.20 Å². The highest BCUT2D eigenvalue weighted by molar-refractivity contribution is 5.91. The van der Waals surface area contributed by atoms with E-state index < -0.39 is 0 Å². The Morgan fingerprint density at radius 3 is 2.94 bits per heavy atom. The lowest BCUT2D eigenvalue weighted by Crippen LogP contribution is -2.43. The van der Waals surface area contributed by atoms with Crippen molar-refractivity contribution in [3.63, 3.8) is 0 Å². The van der Waals surface area contributed by atoms with E-state index in [1.54, 1.807) is 18.0 Å². The summed E-state index contributed by atoms with van der Waals surface area (Å²) in [6.07, 6.45) is 1.68. The van der Waals surface area contributed by atoms with Crippen LogP contribution in [0.2, 0.25) is 0 Å². The Labute approximate surface area is 106 Å². The van der Waals surface area contributed by atoms with Crippen LogP contribution < -0.4 is 10.6 Å². The Kier molecular flexibility index (Phi) is 3.63. The van der Waals surface area contributed by atoms with Gasteiger partial charge < -0.3 is 15.4 Å². The largest absolute Gasteiger partial charge is 0.377 e. The summed E-state index contributed by atoms with van der Waals surface area (Å²) in [7, 11) is 1.62. The molecule has 1 aromatic heterocycles. The first-order valence-electron chi connectivity index (χ1n) is 5.98. The third-order valence-electron chi connectivity index (χ3n) is 3.10. The van der Waals surface area contributed by atoms with Crippen molar-refractivity contribution in [2.45, 2.75) is 25.5 Å². The smallest absolute Gasteiger partial charge is 0.273 e. The molecule has 0 saturated carbocycles. The van der Waals surface area contributed by atoms with Crippen LogP contribution >= 0.6 is 0 Å². The number of aromatic nitrogens is 3. The van der Waals surface area contributed by atoms with Crippen molar-refractivity contribution < 1.29 is 9.53 Å². The second-order valence-corrected chi connectivity index (χ2v) is 5.04. The molecule has 2 heterocycles. The van der Waals surface area contributed by atoms with Crippen LogP contribution in [-0.2, 0) is 4.74 Å². The minimum Gasteiger partial charge on any atom is -0.377 e. The molecular weight excluding hydrogens is 234 g/mol. The topological polar surface area (TPSA) is 81.1 Å². The molecule has 18 heavy (non-hydrogen) atoms. The minimum atomic E-state index is -0.385. The second kappa shape index (κ2) is 5.03. The number of amides is 1. The van der Waals surface area contributed by atoms with Gasteiger partial charge in [-0.15, -0.1) is 5.10 Å². The zero-order valence-corrected chi connectivity index (χ0v) is 10.9. The number of rotatable bonds is 5. The lowest BCUT2D eigenvalue weighted by molar-refractivity contribution is 0.0228. The fraction of sp³-hybridized carbons (Fsp3) is 0.727. The Morgan fingerprint density at radius 2 is 2.39 bits per heavy atom. The minimum absolute atomic E-state index is 0.223. The van der Waals surface area contributed by atoms with Crippen molar-refractivity contribution in [3.05, 3.63) is 11.9 Å². The molecule has 1 fully saturated rings. The zero-order valence-electron chi connectivity index (χ0n) is 10.9. The SMILES string of the molecule is COC(C)(C)CNC(=O)c1cn(C2CNC2)nn1. The van der Waals surface area contributed by atoms with Gasteiger partial charge in [0.25, 0.3) is 5.91 Å². The first kappa shape index (κ1) is 13.0. The summed E-state index contributed by atoms with van der Waals surface area (Å²) in [5.74, 6) is -0.223. The molecule has 1 amide bonds. The molecule has 2 rings (SSSR count). The highest BCUT2D eigenvalue weighted by Gasteiger charge is 2.23. The molecule has 2 N–H and O–H groups in total. The van der Waals surface area contributed by atoms with E-state index in [0.717, 1.165) is 13.1 Å². The predicted molar refractivity (Wildman–Crippen MR) is 65.3 cm³/mol. The lowest BCUT2D eigenvalue weighted by atomic mass is 10.1. The van der Waals surface area contributed by atoms with E-state index in [1.165, 1.54) is 0 Å². The van der Waals surface area contributed by atoms with Crippen LogP contribution in [0.4, 0.5) is 0 Å². The van der Waals surface area contributed by atoms with Gasteiger partial charge >= 0.3 is 0 Å². The molecule has 0 aromatic carbocycles. The maximum Gasteiger partial charge on any atom is 0.273 e. The highest BCUT2D eigenvalue weighted by atomic mass is 16.5. The van der Waals surface area contributed by atoms with Gasteiger partial charge in [-0.3, -0.25) is 4.79 Å². The van der Waals surface area contributed by atoms with Gasteiger partial charge in [0, 0.05) is 26.7 Å². The zero-order chi connectivity index (χ0) is 13.2. The predicted octanol–water partition coefficient (Wildman–Crippen LogP) is -0.423. The summed E-state index contributed by atoms with van der Waals surface area (Å²) in [4.78, 5) is 11.9. The van der Waals surface area contributed by atoms with Gasteiger partial charge in [0.05, 0.1) is 17.8 Å². The van der Waals surface area contributed by atoms with E-state index in [4.69, 9.17) is 4.74 Å². The van der Waals surface area contributed by atoms with Crippen molar-refractivity contribution in [3.8, 4) is 0 Å². The molecule has 0 bridgehead atoms. The summed E-state index contributed by atoms with van der Waals surface area (Å²) >= 11 is 0. The van der Waals surface area contributed by atoms with Gasteiger partial charge in [0.1, 0.15) is 0 Å². The fourth-order valence-corrected chi connectivity index (χ4v) is 1.48. The van der Waals surface area contributed by atoms with Gasteiger partial charge in [0.2, 0.25) is 0 Å². The van der Waals surface area contributed by atoms with Crippen LogP contribution in [0.5, 0.6) is 0 Å². The summed E-state index contributed by atoms with van der Waals surface area (Å²) in [5.41, 5.74) is -0.0439. The van der Waals surface area contributed by atoms with E-state index in [9.17, 15) is 4.79 Å². The first-order chi connectivity index (χ1) is 8.52. The van der Waals surface area contributed by atoms with Crippen molar-refractivity contribution in [1.29, 1.82) is 0 Å². The van der Waals surface area contributed by atoms with Gasteiger partial charge in [-0.25, -0.2) is 4.68 Å². The molecule has 1 saturated heterocycles. The quantitative estimate of drug-likeness (QED) is 0.744. The van der Waals surface area contributed by atoms with Crippen molar-refractivity contribution in [2.24, 2.45) is 0 Å². The van der Waals surface area contributed by atoms with E-state index in [2.05, 4.69) is 20.9 Å². The van der Waals surface area contributed by atoms with Crippen LogP contribution in [0.25, 0.3) is 0 Å². The lowest BCUT2D eigenvalue weighted by Gasteiger charge is -2.26. The molecule has 0 spiro atoms. The maximum absolute atomic E-state index is 11.9. The average Bonchev–Trinajstić information content (AvgIpc) is 2.73. The fourth-order valence-electron chi connectivity index (χ4n) is 1.48. The van der Waals surface area contributed by atoms with Gasteiger partial charge in [-0.1, -0.05) is 5.21 Å². The average molecular weight is 253 g/mol. The van der Waals surface area contributed by atoms with Crippen LogP contribution in [-0.4, -0.2) is 53.2 Å². The molecule has 7 nitrogen and oxygen atoms in total. The molecule has 0 radical (unpaired) electrons. The van der Waals surface area contributed by atoms with Crippen LogP contribution in [0.1, 0.15) is 30.4 Å². The summed E-state index contributed by atoms with van der Waals surface area (Å²) in [6.45, 7) is 6.00. The number of carbonyl (C=O) groups excluding carboxylic acids is 1. The molecule has 0 unspecified atom stereocenters. The maximum atomic E-state index is 11.9. The van der Waals surface area contributed by atoms with Crippen LogP contribution in [0.3, 0.4) is 0 Å². The Morgan fingerprint density at radius 1 is 1.67 bits per heavy atom. The molecule has 0 atom stereocenters. The van der Waals surface area contributed by atoms with Gasteiger partial charge in [-0.2, -0.15) is 0 Å². The number of carbonyl (C=O) groups is 1. The third kappa shape index (κ3) is 2.85. The Hall–Kier alpha value is -1.47. The van der Waals surface area contributed by atoms with Crippen molar-refractivity contribution in [2.75, 3.05) is 26.7 Å². The number of ether oxygens (including phenoxy) is 1. The second-order valence-electron chi connectivity index (χ2n) is 5.04. The van der Waals surface area contributed by atoms with Crippen molar-refractivity contribution in [1.82, 2.24) is 25.6 Å². The van der Waals surface area contributed by atoms with E-state index in [0.29, 0.717) is 18.3 Å². The van der Waals surface area contributed by atoms with E-state index >= 15 is 0 Å². The Balaban J connectivity index is 1.90. The molecular formula is C11H19N5O2. The van der Waals surface area contributed by atoms with Crippen molar-refractivity contribution >= 4 is 5.91 Å². The molecule has 1 aliphatic heterocycles. The summed E-state index contributed by atoms with van der Waals surface area (Å²) < 4.78 is 6.96. The monoisotopic (exact) mass is 253 g/mol. The molecule has 7 heteroatoms. The highest BCUT2D eigenvalue weighted by Crippen LogP contribution is 2.10. The van der Waals surface area contributed by atoms with E-state index in [-0.39, 0.29) is 11.5 Å².